The Morgan fingerprint density at radius 3 is 2.79 bits per heavy atom. The molecule has 0 fully saturated rings. The van der Waals surface area contributed by atoms with Crippen LogP contribution in [0, 0.1) is 0 Å². The zero-order chi connectivity index (χ0) is 13.8. The van der Waals surface area contributed by atoms with Crippen LogP contribution in [-0.2, 0) is 13.0 Å². The van der Waals surface area contributed by atoms with Gasteiger partial charge in [-0.25, -0.2) is 4.98 Å². The van der Waals surface area contributed by atoms with E-state index in [1.807, 2.05) is 31.2 Å². The van der Waals surface area contributed by atoms with Crippen molar-refractivity contribution >= 4 is 27.5 Å². The monoisotopic (exact) mass is 340 g/mol. The van der Waals surface area contributed by atoms with Crippen molar-refractivity contribution in [3.63, 3.8) is 0 Å². The Morgan fingerprint density at radius 2 is 2.11 bits per heavy atom. The van der Waals surface area contributed by atoms with Crippen LogP contribution in [0.15, 0.2) is 34.9 Å². The normalized spacial score (nSPS) is 10.5. The van der Waals surface area contributed by atoms with Gasteiger partial charge in [0, 0.05) is 27.8 Å². The molecule has 0 aliphatic rings. The molecule has 19 heavy (non-hydrogen) atoms. The minimum Gasteiger partial charge on any atom is -0.439 e. The summed E-state index contributed by atoms with van der Waals surface area (Å²) in [5.41, 5.74) is 7.59. The third-order valence-electron chi connectivity index (χ3n) is 2.72. The second kappa shape index (κ2) is 6.37. The van der Waals surface area contributed by atoms with Crippen LogP contribution in [-0.4, -0.2) is 4.98 Å². The Morgan fingerprint density at radius 1 is 1.32 bits per heavy atom. The highest BCUT2D eigenvalue weighted by Crippen LogP contribution is 2.28. The Kier molecular flexibility index (Phi) is 4.80. The first-order valence-corrected chi connectivity index (χ1v) is 7.12. The molecule has 0 amide bonds. The summed E-state index contributed by atoms with van der Waals surface area (Å²) in [6, 6.07) is 7.48. The Hall–Kier alpha value is -1.10. The number of nitrogens with zero attached hydrogens (tertiary/aromatic N) is 1. The average molecular weight is 342 g/mol. The summed E-state index contributed by atoms with van der Waals surface area (Å²) >= 11 is 9.45. The van der Waals surface area contributed by atoms with Gasteiger partial charge in [-0.2, -0.15) is 0 Å². The summed E-state index contributed by atoms with van der Waals surface area (Å²) in [4.78, 5) is 4.24. The van der Waals surface area contributed by atoms with Gasteiger partial charge in [0.25, 0.3) is 0 Å². The van der Waals surface area contributed by atoms with E-state index in [2.05, 4.69) is 20.9 Å². The van der Waals surface area contributed by atoms with Crippen LogP contribution >= 0.6 is 27.5 Å². The molecule has 0 spiro atoms. The van der Waals surface area contributed by atoms with E-state index in [1.165, 1.54) is 0 Å². The van der Waals surface area contributed by atoms with Crippen molar-refractivity contribution in [1.82, 2.24) is 4.98 Å². The number of ether oxygens (including phenoxy) is 1. The summed E-state index contributed by atoms with van der Waals surface area (Å²) in [6.45, 7) is 2.42. The molecule has 0 saturated heterocycles. The quantitative estimate of drug-likeness (QED) is 0.901. The van der Waals surface area contributed by atoms with E-state index in [-0.39, 0.29) is 0 Å². The van der Waals surface area contributed by atoms with Gasteiger partial charge in [-0.15, -0.1) is 0 Å². The number of nitrogens with two attached hydrogens (primary N) is 1. The number of aromatic nitrogens is 1. The molecule has 0 bridgehead atoms. The van der Waals surface area contributed by atoms with Gasteiger partial charge in [-0.1, -0.05) is 18.5 Å². The van der Waals surface area contributed by atoms with Crippen molar-refractivity contribution < 1.29 is 4.74 Å². The fourth-order valence-corrected chi connectivity index (χ4v) is 2.33. The zero-order valence-electron chi connectivity index (χ0n) is 10.5. The highest BCUT2D eigenvalue weighted by Gasteiger charge is 2.08. The number of hydrogen-bond donors (Lipinski definition) is 1. The van der Waals surface area contributed by atoms with E-state index >= 15 is 0 Å². The Bertz CT molecular complexity index is 590. The molecule has 1 aromatic heterocycles. The molecule has 0 aliphatic heterocycles. The molecule has 1 heterocycles. The van der Waals surface area contributed by atoms with Crippen molar-refractivity contribution in [3.8, 4) is 11.6 Å². The molecule has 0 saturated carbocycles. The molecule has 2 N–H and O–H groups in total. The summed E-state index contributed by atoms with van der Waals surface area (Å²) in [5, 5.41) is 0.748. The van der Waals surface area contributed by atoms with E-state index in [0.717, 1.165) is 27.0 Å². The van der Waals surface area contributed by atoms with E-state index in [4.69, 9.17) is 22.1 Å². The van der Waals surface area contributed by atoms with Crippen LogP contribution in [0.25, 0.3) is 0 Å². The molecule has 3 nitrogen and oxygen atoms in total. The predicted molar refractivity (Wildman–Crippen MR) is 80.7 cm³/mol. The summed E-state index contributed by atoms with van der Waals surface area (Å²) in [5.74, 6) is 1.24. The maximum Gasteiger partial charge on any atom is 0.223 e. The Balaban J connectivity index is 2.30. The zero-order valence-corrected chi connectivity index (χ0v) is 12.8. The van der Waals surface area contributed by atoms with E-state index < -0.39 is 0 Å². The lowest BCUT2D eigenvalue weighted by Crippen LogP contribution is -2.01. The van der Waals surface area contributed by atoms with Gasteiger partial charge < -0.3 is 10.5 Å². The van der Waals surface area contributed by atoms with Crippen LogP contribution in [0.3, 0.4) is 0 Å². The van der Waals surface area contributed by atoms with Gasteiger partial charge in [0.1, 0.15) is 5.75 Å². The van der Waals surface area contributed by atoms with Gasteiger partial charge in [0.05, 0.1) is 0 Å². The Labute approximate surface area is 125 Å². The first kappa shape index (κ1) is 14.3. The fourth-order valence-electron chi connectivity index (χ4n) is 1.70. The van der Waals surface area contributed by atoms with Crippen molar-refractivity contribution in [2.45, 2.75) is 19.9 Å². The lowest BCUT2D eigenvalue weighted by molar-refractivity contribution is 0.455. The highest BCUT2D eigenvalue weighted by molar-refractivity contribution is 9.10. The van der Waals surface area contributed by atoms with Crippen molar-refractivity contribution in [3.05, 3.63) is 51.1 Å². The second-order valence-electron chi connectivity index (χ2n) is 4.03. The lowest BCUT2D eigenvalue weighted by Gasteiger charge is -2.10. The van der Waals surface area contributed by atoms with Crippen molar-refractivity contribution in [2.75, 3.05) is 0 Å². The molecular weight excluding hydrogens is 328 g/mol. The molecule has 0 atom stereocenters. The number of hydrogen-bond acceptors (Lipinski definition) is 3. The van der Waals surface area contributed by atoms with Gasteiger partial charge in [-0.05, 0) is 52.2 Å². The minimum absolute atomic E-state index is 0.371. The van der Waals surface area contributed by atoms with Crippen LogP contribution in [0.2, 0.25) is 5.02 Å². The summed E-state index contributed by atoms with van der Waals surface area (Å²) in [7, 11) is 0. The molecule has 2 rings (SSSR count). The van der Waals surface area contributed by atoms with Gasteiger partial charge in [0.15, 0.2) is 0 Å². The number of aryl methyl sites for hydroxylation is 1. The molecular formula is C14H14BrClN2O. The molecule has 0 aliphatic carbocycles. The van der Waals surface area contributed by atoms with Crippen molar-refractivity contribution in [1.29, 1.82) is 0 Å². The second-order valence-corrected chi connectivity index (χ2v) is 5.35. The fraction of sp³-hybridized carbons (Fsp3) is 0.214. The lowest BCUT2D eigenvalue weighted by atomic mass is 10.1. The van der Waals surface area contributed by atoms with Crippen molar-refractivity contribution in [2.24, 2.45) is 5.73 Å². The van der Waals surface area contributed by atoms with Gasteiger partial charge in [-0.3, -0.25) is 0 Å². The van der Waals surface area contributed by atoms with E-state index in [0.29, 0.717) is 18.2 Å². The molecule has 0 radical (unpaired) electrons. The topological polar surface area (TPSA) is 48.1 Å². The third-order valence-corrected chi connectivity index (χ3v) is 3.53. The largest absolute Gasteiger partial charge is 0.439 e. The number of benzene rings is 1. The minimum atomic E-state index is 0.371. The molecule has 0 unspecified atom stereocenters. The third kappa shape index (κ3) is 3.47. The van der Waals surface area contributed by atoms with Crippen LogP contribution in [0.4, 0.5) is 0 Å². The summed E-state index contributed by atoms with van der Waals surface area (Å²) < 4.78 is 6.66. The maximum absolute atomic E-state index is 6.08. The smallest absolute Gasteiger partial charge is 0.223 e. The van der Waals surface area contributed by atoms with Gasteiger partial charge in [0.2, 0.25) is 5.88 Å². The predicted octanol–water partition coefficient (Wildman–Crippen LogP) is 4.31. The summed E-state index contributed by atoms with van der Waals surface area (Å²) in [6.07, 6.45) is 2.54. The average Bonchev–Trinajstić information content (AvgIpc) is 2.42. The van der Waals surface area contributed by atoms with Crippen LogP contribution in [0.5, 0.6) is 11.6 Å². The molecule has 1 aromatic carbocycles. The standard InChI is InChI=1S/C14H14BrClN2O/c1-2-9-6-12(3-4-13(9)16)19-14-10(7-17)5-11(15)8-18-14/h3-6,8H,2,7,17H2,1H3. The van der Waals surface area contributed by atoms with Crippen LogP contribution < -0.4 is 10.5 Å². The van der Waals surface area contributed by atoms with Gasteiger partial charge >= 0.3 is 0 Å². The van der Waals surface area contributed by atoms with E-state index in [9.17, 15) is 0 Å². The SMILES string of the molecule is CCc1cc(Oc2ncc(Br)cc2CN)ccc1Cl. The maximum atomic E-state index is 6.08. The molecule has 2 aromatic rings. The highest BCUT2D eigenvalue weighted by atomic mass is 79.9. The number of rotatable bonds is 4. The first-order chi connectivity index (χ1) is 9.13. The van der Waals surface area contributed by atoms with E-state index in [1.54, 1.807) is 6.20 Å². The molecule has 100 valence electrons. The number of halogens is 2. The molecule has 5 heteroatoms. The number of pyridine rings is 1. The van der Waals surface area contributed by atoms with Crippen LogP contribution in [0.1, 0.15) is 18.1 Å². The first-order valence-electron chi connectivity index (χ1n) is 5.94.